The lowest BCUT2D eigenvalue weighted by molar-refractivity contribution is 0.151. The van der Waals surface area contributed by atoms with Crippen LogP contribution in [0.1, 0.15) is 126 Å². The molecule has 0 amide bonds. The van der Waals surface area contributed by atoms with Crippen molar-refractivity contribution in [3.05, 3.63) is 109 Å². The average molecular weight is 670 g/mol. The van der Waals surface area contributed by atoms with Crippen LogP contribution in [0.2, 0.25) is 0 Å². The van der Waals surface area contributed by atoms with Gasteiger partial charge in [0.05, 0.1) is 5.60 Å². The van der Waals surface area contributed by atoms with E-state index in [9.17, 15) is 9.50 Å². The van der Waals surface area contributed by atoms with Crippen LogP contribution < -0.4 is 5.30 Å². The predicted molar refractivity (Wildman–Crippen MR) is 193 cm³/mol. The first-order valence-electron chi connectivity index (χ1n) is 16.1. The Morgan fingerprint density at radius 3 is 2.14 bits per heavy atom. The summed E-state index contributed by atoms with van der Waals surface area (Å²) in [6.07, 6.45) is 9.46. The van der Waals surface area contributed by atoms with Crippen molar-refractivity contribution >= 4 is 30.5 Å². The van der Waals surface area contributed by atoms with Crippen LogP contribution in [-0.2, 0) is 18.4 Å². The van der Waals surface area contributed by atoms with E-state index < -0.39 is 5.60 Å². The van der Waals surface area contributed by atoms with Gasteiger partial charge in [0.25, 0.3) is 0 Å². The minimum Gasteiger partial charge on any atom is -0.385 e. The van der Waals surface area contributed by atoms with Gasteiger partial charge >= 0.3 is 0 Å². The van der Waals surface area contributed by atoms with Crippen LogP contribution in [0.25, 0.3) is 0 Å². The lowest BCUT2D eigenvalue weighted by Gasteiger charge is -2.13. The molecular weight excluding hydrogens is 614 g/mol. The molecule has 0 saturated heterocycles. The van der Waals surface area contributed by atoms with Crippen molar-refractivity contribution in [2.75, 3.05) is 0 Å². The van der Waals surface area contributed by atoms with Gasteiger partial charge in [0, 0.05) is 4.47 Å². The van der Waals surface area contributed by atoms with Crippen LogP contribution in [0, 0.1) is 19.7 Å². The van der Waals surface area contributed by atoms with Gasteiger partial charge in [0.2, 0.25) is 0 Å². The van der Waals surface area contributed by atoms with Crippen LogP contribution >= 0.6 is 25.2 Å². The quantitative estimate of drug-likeness (QED) is 0.168. The Morgan fingerprint density at radius 1 is 0.907 bits per heavy atom. The van der Waals surface area contributed by atoms with E-state index in [0.29, 0.717) is 5.92 Å². The van der Waals surface area contributed by atoms with Gasteiger partial charge in [-0.25, -0.2) is 4.39 Å². The fourth-order valence-corrected chi connectivity index (χ4v) is 5.62. The second kappa shape index (κ2) is 18.2. The molecule has 1 nitrogen and oxygen atoms in total. The minimum atomic E-state index is -0.502. The maximum absolute atomic E-state index is 13.1. The summed E-state index contributed by atoms with van der Waals surface area (Å²) >= 11 is 3.22. The summed E-state index contributed by atoms with van der Waals surface area (Å²) < 4.78 is 13.9. The molecule has 1 aliphatic rings. The molecule has 0 heterocycles. The van der Waals surface area contributed by atoms with Gasteiger partial charge in [-0.05, 0) is 136 Å². The summed E-state index contributed by atoms with van der Waals surface area (Å²) in [6.45, 7) is 17.7. The molecule has 0 aromatic heterocycles. The molecule has 1 saturated carbocycles. The maximum atomic E-state index is 13.1. The molecule has 3 aromatic rings. The Morgan fingerprint density at radius 2 is 1.58 bits per heavy atom. The highest BCUT2D eigenvalue weighted by Gasteiger charge is 2.42. The number of rotatable bonds is 10. The molecule has 0 spiro atoms. The largest absolute Gasteiger partial charge is 0.385 e. The third kappa shape index (κ3) is 12.3. The molecular formula is C39H55BrFOP. The molecule has 4 rings (SSSR count). The fourth-order valence-electron chi connectivity index (χ4n) is 5.01. The topological polar surface area (TPSA) is 20.2 Å². The van der Waals surface area contributed by atoms with Crippen LogP contribution in [0.3, 0.4) is 0 Å². The van der Waals surface area contributed by atoms with Crippen molar-refractivity contribution in [1.82, 2.24) is 0 Å². The normalized spacial score (nSPS) is 14.5. The highest BCUT2D eigenvalue weighted by Crippen LogP contribution is 2.45. The Balaban J connectivity index is 0.000000236. The Labute approximate surface area is 273 Å². The predicted octanol–water partition coefficient (Wildman–Crippen LogP) is 11.6. The lowest BCUT2D eigenvalue weighted by Crippen LogP contribution is -2.05. The summed E-state index contributed by atoms with van der Waals surface area (Å²) in [6, 6.07) is 18.3. The highest BCUT2D eigenvalue weighted by atomic mass is 79.9. The van der Waals surface area contributed by atoms with Crippen molar-refractivity contribution in [1.29, 1.82) is 0 Å². The van der Waals surface area contributed by atoms with Crippen molar-refractivity contribution in [2.24, 2.45) is 0 Å². The smallest absolute Gasteiger partial charge is 0.127 e. The van der Waals surface area contributed by atoms with Crippen LogP contribution in [0.5, 0.6) is 0 Å². The van der Waals surface area contributed by atoms with Gasteiger partial charge in [-0.15, -0.1) is 9.24 Å². The van der Waals surface area contributed by atoms with E-state index in [2.05, 4.69) is 117 Å². The Bertz CT molecular complexity index is 1340. The van der Waals surface area contributed by atoms with E-state index in [1.54, 1.807) is 0 Å². The van der Waals surface area contributed by atoms with Crippen molar-refractivity contribution in [3.63, 3.8) is 0 Å². The standard InChI is InChI=1S/C18H26O.C11H17P.C10H12BrF/c1-5-13(2)14(3)6-7-16-8-9-17(12-15(16)4)18(19)10-11-18;1-4-8(2)11-7-10(12)6-5-9(11)3;1-2-3-4-8-5-6-9(11)7-10(8)12/h8-9,12,19H,5-7,10-11H2,1-4H3;5-8H,4,12H2,1-3H3;5-7H,2-4H2,1H3/b14-13-;;. The van der Waals surface area contributed by atoms with E-state index in [-0.39, 0.29) is 5.82 Å². The molecule has 2 unspecified atom stereocenters. The first-order chi connectivity index (χ1) is 20.3. The van der Waals surface area contributed by atoms with Gasteiger partial charge < -0.3 is 5.11 Å². The molecule has 0 bridgehead atoms. The molecule has 1 N–H and O–H groups in total. The van der Waals surface area contributed by atoms with Crippen LogP contribution in [0.4, 0.5) is 4.39 Å². The number of halogens is 2. The zero-order valence-corrected chi connectivity index (χ0v) is 30.7. The molecule has 3 aromatic carbocycles. The van der Waals surface area contributed by atoms with E-state index in [1.807, 2.05) is 12.1 Å². The van der Waals surface area contributed by atoms with E-state index in [0.717, 1.165) is 67.0 Å². The maximum Gasteiger partial charge on any atom is 0.127 e. The van der Waals surface area contributed by atoms with Crippen molar-refractivity contribution in [3.8, 4) is 0 Å². The summed E-state index contributed by atoms with van der Waals surface area (Å²) in [5.41, 5.74) is 10.1. The molecule has 0 radical (unpaired) electrons. The van der Waals surface area contributed by atoms with Crippen LogP contribution in [0.15, 0.2) is 70.2 Å². The van der Waals surface area contributed by atoms with Crippen molar-refractivity contribution < 1.29 is 9.50 Å². The highest BCUT2D eigenvalue weighted by molar-refractivity contribution is 9.10. The van der Waals surface area contributed by atoms with E-state index >= 15 is 0 Å². The van der Waals surface area contributed by atoms with E-state index in [1.165, 1.54) is 51.2 Å². The molecule has 4 heteroatoms. The van der Waals surface area contributed by atoms with Gasteiger partial charge in [-0.2, -0.15) is 0 Å². The van der Waals surface area contributed by atoms with Gasteiger partial charge in [0.1, 0.15) is 5.82 Å². The molecule has 2 atom stereocenters. The van der Waals surface area contributed by atoms with Gasteiger partial charge in [-0.3, -0.25) is 0 Å². The monoisotopic (exact) mass is 668 g/mol. The molecule has 1 fully saturated rings. The van der Waals surface area contributed by atoms with Crippen molar-refractivity contribution in [2.45, 2.75) is 125 Å². The number of aryl methyl sites for hydroxylation is 4. The second-order valence-electron chi connectivity index (χ2n) is 12.4. The number of hydrogen-bond donors (Lipinski definition) is 1. The zero-order chi connectivity index (χ0) is 32.2. The summed E-state index contributed by atoms with van der Waals surface area (Å²) in [5, 5.41) is 11.4. The number of hydrogen-bond acceptors (Lipinski definition) is 1. The van der Waals surface area contributed by atoms with E-state index in [4.69, 9.17) is 0 Å². The Kier molecular flexibility index (Phi) is 15.9. The third-order valence-electron chi connectivity index (χ3n) is 8.89. The number of aliphatic hydroxyl groups is 1. The molecule has 236 valence electrons. The molecule has 1 aliphatic carbocycles. The second-order valence-corrected chi connectivity index (χ2v) is 13.9. The first kappa shape index (κ1) is 37.4. The van der Waals surface area contributed by atoms with Gasteiger partial charge in [0.15, 0.2) is 0 Å². The Hall–Kier alpha value is -1.80. The number of benzene rings is 3. The number of allylic oxidation sites excluding steroid dienone is 2. The molecule has 0 aliphatic heterocycles. The SMILES string of the molecule is CC/C(C)=C(/C)CCc1ccc(C2(O)CC2)cc1C.CCC(C)c1cc(P)ccc1C.CCCCc1ccc(Br)cc1F. The molecule has 43 heavy (non-hydrogen) atoms. The number of unbranched alkanes of at least 4 members (excludes halogenated alkanes) is 1. The summed E-state index contributed by atoms with van der Waals surface area (Å²) in [7, 11) is 2.75. The summed E-state index contributed by atoms with van der Waals surface area (Å²) in [4.78, 5) is 0. The minimum absolute atomic E-state index is 0.0992. The zero-order valence-electron chi connectivity index (χ0n) is 27.9. The first-order valence-corrected chi connectivity index (χ1v) is 17.5. The van der Waals surface area contributed by atoms with Crippen LogP contribution in [-0.4, -0.2) is 5.11 Å². The fraction of sp³-hybridized carbons (Fsp3) is 0.487. The third-order valence-corrected chi connectivity index (χ3v) is 9.75. The summed E-state index contributed by atoms with van der Waals surface area (Å²) in [5.74, 6) is 0.586. The lowest BCUT2D eigenvalue weighted by atomic mass is 9.95. The van der Waals surface area contributed by atoms with Gasteiger partial charge in [-0.1, -0.05) is 104 Å². The average Bonchev–Trinajstić information content (AvgIpc) is 3.75.